The lowest BCUT2D eigenvalue weighted by Crippen LogP contribution is -2.26. The lowest BCUT2D eigenvalue weighted by molar-refractivity contribution is 0.647. The molecule has 3 N–H and O–H groups in total. The third-order valence-corrected chi connectivity index (χ3v) is 4.79. The van der Waals surface area contributed by atoms with Gasteiger partial charge in [-0.15, -0.1) is 0 Å². The SMILES string of the molecule is CCCNS(=O)(=NC(C)CC)c1cccc(N)c1. The van der Waals surface area contributed by atoms with Crippen LogP contribution in [-0.2, 0) is 9.92 Å². The minimum absolute atomic E-state index is 0.0586. The molecule has 102 valence electrons. The maximum absolute atomic E-state index is 12.9. The van der Waals surface area contributed by atoms with Gasteiger partial charge in [0, 0.05) is 12.2 Å². The van der Waals surface area contributed by atoms with Gasteiger partial charge in [0.05, 0.1) is 10.9 Å². The van der Waals surface area contributed by atoms with E-state index in [4.69, 9.17) is 5.73 Å². The largest absolute Gasteiger partial charge is 0.399 e. The maximum Gasteiger partial charge on any atom is 0.137 e. The predicted molar refractivity (Wildman–Crippen MR) is 77.7 cm³/mol. The molecule has 0 saturated carbocycles. The van der Waals surface area contributed by atoms with E-state index in [-0.39, 0.29) is 6.04 Å². The van der Waals surface area contributed by atoms with Crippen molar-refractivity contribution in [2.45, 2.75) is 44.6 Å². The summed E-state index contributed by atoms with van der Waals surface area (Å²) in [6.45, 7) is 6.72. The fourth-order valence-electron chi connectivity index (χ4n) is 1.44. The maximum atomic E-state index is 12.9. The van der Waals surface area contributed by atoms with Crippen LogP contribution in [0.2, 0.25) is 0 Å². The third kappa shape index (κ3) is 3.99. The van der Waals surface area contributed by atoms with Gasteiger partial charge in [-0.25, -0.2) is 13.3 Å². The highest BCUT2D eigenvalue weighted by Gasteiger charge is 2.13. The van der Waals surface area contributed by atoms with Crippen molar-refractivity contribution >= 4 is 15.6 Å². The number of benzene rings is 1. The first-order valence-electron chi connectivity index (χ1n) is 6.38. The molecule has 2 unspecified atom stereocenters. The van der Waals surface area contributed by atoms with Crippen molar-refractivity contribution in [2.75, 3.05) is 12.3 Å². The lowest BCUT2D eigenvalue weighted by Gasteiger charge is -2.14. The van der Waals surface area contributed by atoms with Gasteiger partial charge in [0.2, 0.25) is 0 Å². The molecule has 0 amide bonds. The van der Waals surface area contributed by atoms with Crippen LogP contribution in [-0.4, -0.2) is 16.8 Å². The number of anilines is 1. The van der Waals surface area contributed by atoms with Crippen molar-refractivity contribution in [3.63, 3.8) is 0 Å². The molecule has 0 bridgehead atoms. The molecular weight excluding hydrogens is 246 g/mol. The molecule has 2 atom stereocenters. The highest BCUT2D eigenvalue weighted by molar-refractivity contribution is 7.91. The van der Waals surface area contributed by atoms with Crippen molar-refractivity contribution < 1.29 is 4.21 Å². The van der Waals surface area contributed by atoms with Crippen LogP contribution in [0.3, 0.4) is 0 Å². The molecule has 1 aromatic rings. The van der Waals surface area contributed by atoms with Crippen molar-refractivity contribution in [3.8, 4) is 0 Å². The van der Waals surface area contributed by atoms with E-state index in [1.807, 2.05) is 32.9 Å². The third-order valence-electron chi connectivity index (χ3n) is 2.64. The first-order valence-corrected chi connectivity index (χ1v) is 7.89. The number of nitrogens with two attached hydrogens (primary N) is 1. The zero-order valence-corrected chi connectivity index (χ0v) is 12.2. The summed E-state index contributed by atoms with van der Waals surface area (Å²) < 4.78 is 20.4. The van der Waals surface area contributed by atoms with Crippen LogP contribution in [0.5, 0.6) is 0 Å². The smallest absolute Gasteiger partial charge is 0.137 e. The highest BCUT2D eigenvalue weighted by atomic mass is 32.2. The molecule has 0 fully saturated rings. The first kappa shape index (κ1) is 15.0. The molecule has 18 heavy (non-hydrogen) atoms. The Hall–Kier alpha value is -1.07. The van der Waals surface area contributed by atoms with Crippen molar-refractivity contribution in [1.29, 1.82) is 0 Å². The van der Waals surface area contributed by atoms with E-state index in [0.717, 1.165) is 12.8 Å². The van der Waals surface area contributed by atoms with E-state index >= 15 is 0 Å². The Bertz CT molecular complexity index is 493. The molecule has 0 aliphatic carbocycles. The Morgan fingerprint density at radius 2 is 2.17 bits per heavy atom. The molecule has 5 heteroatoms. The second-order valence-electron chi connectivity index (χ2n) is 4.36. The van der Waals surface area contributed by atoms with Gasteiger partial charge in [0.1, 0.15) is 9.92 Å². The second-order valence-corrected chi connectivity index (χ2v) is 6.38. The molecule has 0 saturated heterocycles. The zero-order chi connectivity index (χ0) is 13.6. The number of nitrogens with one attached hydrogen (secondary N) is 1. The summed E-state index contributed by atoms with van der Waals surface area (Å²) in [5, 5.41) is 0. The van der Waals surface area contributed by atoms with Gasteiger partial charge in [0.15, 0.2) is 0 Å². The van der Waals surface area contributed by atoms with E-state index in [9.17, 15) is 4.21 Å². The van der Waals surface area contributed by atoms with Crippen LogP contribution in [0, 0.1) is 0 Å². The van der Waals surface area contributed by atoms with Gasteiger partial charge >= 0.3 is 0 Å². The zero-order valence-electron chi connectivity index (χ0n) is 11.3. The van der Waals surface area contributed by atoms with Crippen LogP contribution in [0.4, 0.5) is 5.69 Å². The van der Waals surface area contributed by atoms with Crippen LogP contribution in [0.15, 0.2) is 33.5 Å². The Morgan fingerprint density at radius 3 is 2.72 bits per heavy atom. The minimum Gasteiger partial charge on any atom is -0.399 e. The van der Waals surface area contributed by atoms with Crippen molar-refractivity contribution in [3.05, 3.63) is 24.3 Å². The fourth-order valence-corrected chi connectivity index (χ4v) is 3.49. The predicted octanol–water partition coefficient (Wildman–Crippen LogP) is 2.81. The molecule has 0 spiro atoms. The van der Waals surface area contributed by atoms with E-state index in [2.05, 4.69) is 9.08 Å². The lowest BCUT2D eigenvalue weighted by atomic mass is 10.3. The van der Waals surface area contributed by atoms with Gasteiger partial charge in [-0.05, 0) is 38.0 Å². The van der Waals surface area contributed by atoms with E-state index in [1.54, 1.807) is 12.1 Å². The van der Waals surface area contributed by atoms with Crippen molar-refractivity contribution in [2.24, 2.45) is 4.36 Å². The molecule has 0 aromatic heterocycles. The van der Waals surface area contributed by atoms with Gasteiger partial charge in [0.25, 0.3) is 0 Å². The average Bonchev–Trinajstić information content (AvgIpc) is 2.36. The molecular formula is C13H23N3OS. The quantitative estimate of drug-likeness (QED) is 0.780. The summed E-state index contributed by atoms with van der Waals surface area (Å²) >= 11 is 0. The number of hydrogen-bond acceptors (Lipinski definition) is 3. The Morgan fingerprint density at radius 1 is 1.44 bits per heavy atom. The summed E-state index contributed by atoms with van der Waals surface area (Å²) in [6.07, 6.45) is 1.78. The summed E-state index contributed by atoms with van der Waals surface area (Å²) in [5.74, 6) is 0. The molecule has 0 aliphatic heterocycles. The molecule has 4 nitrogen and oxygen atoms in total. The van der Waals surface area contributed by atoms with Crippen LogP contribution >= 0.6 is 0 Å². The van der Waals surface area contributed by atoms with E-state index in [1.165, 1.54) is 0 Å². The monoisotopic (exact) mass is 269 g/mol. The molecule has 0 aliphatic rings. The van der Waals surface area contributed by atoms with Crippen LogP contribution in [0.25, 0.3) is 0 Å². The molecule has 0 heterocycles. The Kier molecular flexibility index (Phi) is 5.62. The van der Waals surface area contributed by atoms with Gasteiger partial charge < -0.3 is 5.73 Å². The topological polar surface area (TPSA) is 67.5 Å². The van der Waals surface area contributed by atoms with Crippen LogP contribution in [0.1, 0.15) is 33.6 Å². The number of nitrogen functional groups attached to an aromatic ring is 1. The van der Waals surface area contributed by atoms with E-state index < -0.39 is 9.92 Å². The highest BCUT2D eigenvalue weighted by Crippen LogP contribution is 2.16. The molecule has 0 radical (unpaired) electrons. The standard InChI is InChI=1S/C13H23N3OS/c1-4-9-15-18(17,16-11(3)5-2)13-8-6-7-12(14)10-13/h6-8,10-11H,4-5,9,14H2,1-3H3,(H,15,16,17). The average molecular weight is 269 g/mol. The summed E-state index contributed by atoms with van der Waals surface area (Å²) in [6, 6.07) is 7.20. The van der Waals surface area contributed by atoms with Gasteiger partial charge in [-0.1, -0.05) is 19.9 Å². The normalized spacial score (nSPS) is 15.9. The first-order chi connectivity index (χ1) is 8.51. The number of rotatable bonds is 6. The summed E-state index contributed by atoms with van der Waals surface area (Å²) in [5.41, 5.74) is 6.36. The van der Waals surface area contributed by atoms with Crippen LogP contribution < -0.4 is 10.5 Å². The minimum atomic E-state index is -2.57. The molecule has 1 aromatic carbocycles. The van der Waals surface area contributed by atoms with E-state index in [0.29, 0.717) is 17.1 Å². The molecule has 1 rings (SSSR count). The Balaban J connectivity index is 3.20. The summed E-state index contributed by atoms with van der Waals surface area (Å²) in [7, 11) is -2.57. The second kappa shape index (κ2) is 6.75. The van der Waals surface area contributed by atoms with Gasteiger partial charge in [-0.3, -0.25) is 0 Å². The van der Waals surface area contributed by atoms with Gasteiger partial charge in [-0.2, -0.15) is 0 Å². The number of nitrogens with zero attached hydrogens (tertiary/aromatic N) is 1. The summed E-state index contributed by atoms with van der Waals surface area (Å²) in [4.78, 5) is 0.663. The number of hydrogen-bond donors (Lipinski definition) is 2. The Labute approximate surface area is 110 Å². The van der Waals surface area contributed by atoms with Crippen molar-refractivity contribution in [1.82, 2.24) is 4.72 Å². The fraction of sp³-hybridized carbons (Fsp3) is 0.538.